The number of piperidine rings is 1. The number of nitrogens with two attached hydrogens (primary N) is 1. The van der Waals surface area contributed by atoms with Gasteiger partial charge in [-0.2, -0.15) is 0 Å². The highest BCUT2D eigenvalue weighted by Crippen LogP contribution is 2.24. The van der Waals surface area contributed by atoms with Gasteiger partial charge in [-0.15, -0.1) is 12.4 Å². The summed E-state index contributed by atoms with van der Waals surface area (Å²) < 4.78 is 0. The van der Waals surface area contributed by atoms with Crippen molar-refractivity contribution in [1.82, 2.24) is 4.90 Å². The minimum atomic E-state index is -0.505. The summed E-state index contributed by atoms with van der Waals surface area (Å²) in [5, 5.41) is 11.0. The van der Waals surface area contributed by atoms with Gasteiger partial charge in [0.05, 0.1) is 4.92 Å². The van der Waals surface area contributed by atoms with E-state index in [9.17, 15) is 14.9 Å². The number of rotatable bonds is 4. The maximum absolute atomic E-state index is 12.5. The van der Waals surface area contributed by atoms with Crippen LogP contribution in [0.15, 0.2) is 24.3 Å². The van der Waals surface area contributed by atoms with Crippen LogP contribution in [-0.2, 0) is 0 Å². The van der Waals surface area contributed by atoms with Gasteiger partial charge in [-0.25, -0.2) is 0 Å². The lowest BCUT2D eigenvalue weighted by Crippen LogP contribution is -2.40. The molecule has 116 valence electrons. The number of carbonyl (C=O) groups is 1. The molecule has 7 heteroatoms. The fourth-order valence-corrected chi connectivity index (χ4v) is 2.70. The van der Waals surface area contributed by atoms with E-state index < -0.39 is 4.92 Å². The molecule has 1 amide bonds. The molecule has 1 aromatic rings. The van der Waals surface area contributed by atoms with Gasteiger partial charge in [-0.05, 0) is 37.8 Å². The summed E-state index contributed by atoms with van der Waals surface area (Å²) in [6.07, 6.45) is 2.88. The summed E-state index contributed by atoms with van der Waals surface area (Å²) in [5.74, 6) is 0.152. The number of nitrogens with zero attached hydrogens (tertiary/aromatic N) is 2. The molecular formula is C14H20ClN3O3. The standard InChI is InChI=1S/C14H19N3O3.ClH/c15-8-7-11-4-3-9-16(10-11)14(18)12-5-1-2-6-13(12)17(19)20;/h1-2,5-6,11H,3-4,7-10,15H2;1H. The number of hydrogen-bond donors (Lipinski definition) is 1. The van der Waals surface area contributed by atoms with Crippen LogP contribution in [0, 0.1) is 16.0 Å². The Hall–Kier alpha value is -1.66. The topological polar surface area (TPSA) is 89.5 Å². The zero-order chi connectivity index (χ0) is 14.5. The fourth-order valence-electron chi connectivity index (χ4n) is 2.70. The maximum Gasteiger partial charge on any atom is 0.282 e. The predicted molar refractivity (Wildman–Crippen MR) is 82.6 cm³/mol. The zero-order valence-electron chi connectivity index (χ0n) is 11.7. The van der Waals surface area contributed by atoms with E-state index in [0.717, 1.165) is 19.3 Å². The molecule has 21 heavy (non-hydrogen) atoms. The second kappa shape index (κ2) is 7.95. The molecule has 0 saturated carbocycles. The Morgan fingerprint density at radius 1 is 1.43 bits per heavy atom. The highest BCUT2D eigenvalue weighted by atomic mass is 35.5. The van der Waals surface area contributed by atoms with Crippen LogP contribution in [0.2, 0.25) is 0 Å². The highest BCUT2D eigenvalue weighted by Gasteiger charge is 2.28. The molecule has 2 N–H and O–H groups in total. The van der Waals surface area contributed by atoms with Crippen LogP contribution >= 0.6 is 12.4 Å². The molecule has 6 nitrogen and oxygen atoms in total. The minimum Gasteiger partial charge on any atom is -0.338 e. The average Bonchev–Trinajstić information content (AvgIpc) is 2.47. The third-order valence-corrected chi connectivity index (χ3v) is 3.71. The molecule has 0 bridgehead atoms. The second-order valence-electron chi connectivity index (χ2n) is 5.11. The van der Waals surface area contributed by atoms with Gasteiger partial charge in [-0.1, -0.05) is 12.1 Å². The smallest absolute Gasteiger partial charge is 0.282 e. The van der Waals surface area contributed by atoms with Crippen molar-refractivity contribution in [3.63, 3.8) is 0 Å². The molecule has 2 rings (SSSR count). The largest absolute Gasteiger partial charge is 0.338 e. The first-order chi connectivity index (χ1) is 9.63. The van der Waals surface area contributed by atoms with Gasteiger partial charge in [0.2, 0.25) is 0 Å². The van der Waals surface area contributed by atoms with Crippen LogP contribution in [0.4, 0.5) is 5.69 Å². The van der Waals surface area contributed by atoms with E-state index in [1.807, 2.05) is 0 Å². The molecule has 0 aromatic heterocycles. The summed E-state index contributed by atoms with van der Waals surface area (Å²) in [6, 6.07) is 6.12. The van der Waals surface area contributed by atoms with Gasteiger partial charge in [0, 0.05) is 19.2 Å². The summed E-state index contributed by atoms with van der Waals surface area (Å²) in [5.41, 5.74) is 5.61. The molecule has 1 atom stereocenters. The first kappa shape index (κ1) is 17.4. The molecule has 0 spiro atoms. The molecule has 1 unspecified atom stereocenters. The first-order valence-corrected chi connectivity index (χ1v) is 6.86. The number of carbonyl (C=O) groups excluding carboxylic acids is 1. The molecule has 1 aromatic carbocycles. The van der Waals surface area contributed by atoms with E-state index in [1.54, 1.807) is 17.0 Å². The van der Waals surface area contributed by atoms with Crippen LogP contribution in [0.25, 0.3) is 0 Å². The number of nitro groups is 1. The Morgan fingerprint density at radius 2 is 2.14 bits per heavy atom. The molecule has 1 aliphatic rings. The van der Waals surface area contributed by atoms with Crippen LogP contribution in [0.5, 0.6) is 0 Å². The van der Waals surface area contributed by atoms with E-state index in [4.69, 9.17) is 5.73 Å². The van der Waals surface area contributed by atoms with Crippen molar-refractivity contribution in [2.45, 2.75) is 19.3 Å². The second-order valence-corrected chi connectivity index (χ2v) is 5.11. The number of hydrogen-bond acceptors (Lipinski definition) is 4. The van der Waals surface area contributed by atoms with E-state index in [1.165, 1.54) is 12.1 Å². The van der Waals surface area contributed by atoms with Gasteiger partial charge < -0.3 is 10.6 Å². The van der Waals surface area contributed by atoms with Crippen molar-refractivity contribution in [3.05, 3.63) is 39.9 Å². The lowest BCUT2D eigenvalue weighted by Gasteiger charge is -2.32. The van der Waals surface area contributed by atoms with E-state index in [2.05, 4.69) is 0 Å². The summed E-state index contributed by atoms with van der Waals surface area (Å²) >= 11 is 0. The number of halogens is 1. The van der Waals surface area contributed by atoms with Crippen LogP contribution < -0.4 is 5.73 Å². The predicted octanol–water partition coefficient (Wildman–Crippen LogP) is 2.22. The fraction of sp³-hybridized carbons (Fsp3) is 0.500. The number of benzene rings is 1. The number of nitro benzene ring substituents is 1. The zero-order valence-corrected chi connectivity index (χ0v) is 12.6. The molecule has 1 saturated heterocycles. The Balaban J connectivity index is 0.00000220. The molecule has 0 radical (unpaired) electrons. The quantitative estimate of drug-likeness (QED) is 0.681. The molecule has 1 aliphatic heterocycles. The van der Waals surface area contributed by atoms with E-state index in [-0.39, 0.29) is 29.6 Å². The summed E-state index contributed by atoms with van der Waals surface area (Å²) in [4.78, 5) is 24.7. The van der Waals surface area contributed by atoms with Crippen LogP contribution in [-0.4, -0.2) is 35.4 Å². The van der Waals surface area contributed by atoms with E-state index >= 15 is 0 Å². The molecule has 1 fully saturated rings. The summed E-state index contributed by atoms with van der Waals surface area (Å²) in [7, 11) is 0. The van der Waals surface area contributed by atoms with Gasteiger partial charge in [-0.3, -0.25) is 14.9 Å². The summed E-state index contributed by atoms with van der Waals surface area (Å²) in [6.45, 7) is 1.91. The van der Waals surface area contributed by atoms with Crippen molar-refractivity contribution in [3.8, 4) is 0 Å². The van der Waals surface area contributed by atoms with Crippen molar-refractivity contribution in [2.24, 2.45) is 11.7 Å². The first-order valence-electron chi connectivity index (χ1n) is 6.86. The van der Waals surface area contributed by atoms with E-state index in [0.29, 0.717) is 25.6 Å². The third kappa shape index (κ3) is 4.15. The Bertz CT molecular complexity index is 508. The third-order valence-electron chi connectivity index (χ3n) is 3.71. The Kier molecular flexibility index (Phi) is 6.58. The van der Waals surface area contributed by atoms with Crippen LogP contribution in [0.1, 0.15) is 29.6 Å². The Morgan fingerprint density at radius 3 is 2.81 bits per heavy atom. The Labute approximate surface area is 129 Å². The number of para-hydroxylation sites is 1. The lowest BCUT2D eigenvalue weighted by atomic mass is 9.94. The van der Waals surface area contributed by atoms with Gasteiger partial charge in [0.15, 0.2) is 0 Å². The monoisotopic (exact) mass is 313 g/mol. The van der Waals surface area contributed by atoms with Crippen molar-refractivity contribution in [2.75, 3.05) is 19.6 Å². The number of likely N-dealkylation sites (tertiary alicyclic amines) is 1. The minimum absolute atomic E-state index is 0. The van der Waals surface area contributed by atoms with Gasteiger partial charge >= 0.3 is 0 Å². The lowest BCUT2D eigenvalue weighted by molar-refractivity contribution is -0.385. The van der Waals surface area contributed by atoms with Crippen LogP contribution in [0.3, 0.4) is 0 Å². The maximum atomic E-state index is 12.5. The highest BCUT2D eigenvalue weighted by molar-refractivity contribution is 5.98. The van der Waals surface area contributed by atoms with Gasteiger partial charge in [0.25, 0.3) is 11.6 Å². The molecular weight excluding hydrogens is 294 g/mol. The van der Waals surface area contributed by atoms with Crippen molar-refractivity contribution in [1.29, 1.82) is 0 Å². The van der Waals surface area contributed by atoms with Crippen molar-refractivity contribution >= 4 is 24.0 Å². The SMILES string of the molecule is Cl.NCCC1CCCN(C(=O)c2ccccc2[N+](=O)[O-])C1. The van der Waals surface area contributed by atoms with Crippen molar-refractivity contribution < 1.29 is 9.72 Å². The normalized spacial score (nSPS) is 18.0. The van der Waals surface area contributed by atoms with Gasteiger partial charge in [0.1, 0.15) is 5.56 Å². The molecule has 0 aliphatic carbocycles. The average molecular weight is 314 g/mol. The molecule has 1 heterocycles. The number of amides is 1.